The second-order valence-corrected chi connectivity index (χ2v) is 5.27. The predicted molar refractivity (Wildman–Crippen MR) is 72.7 cm³/mol. The SMILES string of the molecule is O=C([O-])C1CCC(CN=Cc2ccc(O)cc2O)CC1.[Na+]. The largest absolute Gasteiger partial charge is 1.00 e. The molecule has 0 saturated heterocycles. The van der Waals surface area contributed by atoms with Crippen molar-refractivity contribution in [2.75, 3.05) is 6.54 Å². The normalized spacial score (nSPS) is 21.9. The van der Waals surface area contributed by atoms with Gasteiger partial charge in [-0.05, 0) is 49.7 Å². The Bertz CT molecular complexity index is 510. The molecular formula is C15H18NNaO4. The van der Waals surface area contributed by atoms with E-state index in [0.29, 0.717) is 30.9 Å². The van der Waals surface area contributed by atoms with Gasteiger partial charge in [0.15, 0.2) is 0 Å². The van der Waals surface area contributed by atoms with Crippen LogP contribution in [0.15, 0.2) is 23.2 Å². The first-order chi connectivity index (χ1) is 9.56. The minimum atomic E-state index is -0.944. The van der Waals surface area contributed by atoms with Crippen LogP contribution in [0.25, 0.3) is 0 Å². The molecule has 0 aliphatic heterocycles. The third-order valence-electron chi connectivity index (χ3n) is 3.79. The van der Waals surface area contributed by atoms with Crippen LogP contribution in [0.1, 0.15) is 31.2 Å². The van der Waals surface area contributed by atoms with Crippen LogP contribution in [0.5, 0.6) is 11.5 Å². The summed E-state index contributed by atoms with van der Waals surface area (Å²) in [5.74, 6) is -0.854. The molecule has 0 amide bonds. The van der Waals surface area contributed by atoms with Crippen molar-refractivity contribution in [3.05, 3.63) is 23.8 Å². The van der Waals surface area contributed by atoms with Gasteiger partial charge in [0.1, 0.15) is 11.5 Å². The number of hydrogen-bond acceptors (Lipinski definition) is 5. The van der Waals surface area contributed by atoms with Gasteiger partial charge >= 0.3 is 29.6 Å². The third kappa shape index (κ3) is 5.34. The summed E-state index contributed by atoms with van der Waals surface area (Å²) < 4.78 is 0. The molecule has 0 spiro atoms. The van der Waals surface area contributed by atoms with Crippen molar-refractivity contribution in [2.24, 2.45) is 16.8 Å². The molecule has 1 aliphatic rings. The van der Waals surface area contributed by atoms with E-state index in [1.54, 1.807) is 12.3 Å². The van der Waals surface area contributed by atoms with Crippen LogP contribution in [0.3, 0.4) is 0 Å². The summed E-state index contributed by atoms with van der Waals surface area (Å²) in [7, 11) is 0. The molecule has 1 aromatic rings. The summed E-state index contributed by atoms with van der Waals surface area (Å²) >= 11 is 0. The van der Waals surface area contributed by atoms with Gasteiger partial charge in [-0.25, -0.2) is 0 Å². The summed E-state index contributed by atoms with van der Waals surface area (Å²) in [5.41, 5.74) is 0.561. The number of aliphatic carboxylic acids is 1. The average molecular weight is 299 g/mol. The zero-order valence-electron chi connectivity index (χ0n) is 12.2. The number of benzene rings is 1. The second-order valence-electron chi connectivity index (χ2n) is 5.27. The number of hydrogen-bond donors (Lipinski definition) is 2. The van der Waals surface area contributed by atoms with Crippen LogP contribution < -0.4 is 34.7 Å². The first-order valence-electron chi connectivity index (χ1n) is 6.79. The van der Waals surface area contributed by atoms with E-state index in [1.807, 2.05) is 0 Å². The van der Waals surface area contributed by atoms with Crippen LogP contribution in [-0.4, -0.2) is 28.9 Å². The number of rotatable bonds is 4. The summed E-state index contributed by atoms with van der Waals surface area (Å²) in [4.78, 5) is 15.0. The van der Waals surface area contributed by atoms with E-state index in [2.05, 4.69) is 4.99 Å². The Labute approximate surface area is 146 Å². The van der Waals surface area contributed by atoms with E-state index in [-0.39, 0.29) is 47.0 Å². The van der Waals surface area contributed by atoms with Crippen molar-refractivity contribution in [3.8, 4) is 11.5 Å². The Morgan fingerprint density at radius 1 is 1.29 bits per heavy atom. The monoisotopic (exact) mass is 299 g/mol. The molecule has 5 nitrogen and oxygen atoms in total. The van der Waals surface area contributed by atoms with Gasteiger partial charge in [0, 0.05) is 30.4 Å². The molecule has 0 bridgehead atoms. The van der Waals surface area contributed by atoms with Crippen molar-refractivity contribution in [2.45, 2.75) is 25.7 Å². The number of phenolic OH excluding ortho intramolecular Hbond substituents is 2. The summed E-state index contributed by atoms with van der Waals surface area (Å²) in [6.45, 7) is 0.625. The molecule has 6 heteroatoms. The van der Waals surface area contributed by atoms with E-state index >= 15 is 0 Å². The van der Waals surface area contributed by atoms with Gasteiger partial charge in [-0.2, -0.15) is 0 Å². The Balaban J connectivity index is 0.00000220. The number of aliphatic imine (C=N–C) groups is 1. The van der Waals surface area contributed by atoms with E-state index in [4.69, 9.17) is 0 Å². The molecule has 0 heterocycles. The third-order valence-corrected chi connectivity index (χ3v) is 3.79. The van der Waals surface area contributed by atoms with Crippen molar-refractivity contribution >= 4 is 12.2 Å². The molecule has 2 N–H and O–H groups in total. The average Bonchev–Trinajstić information content (AvgIpc) is 2.42. The minimum absolute atomic E-state index is 0. The molecule has 21 heavy (non-hydrogen) atoms. The van der Waals surface area contributed by atoms with Gasteiger partial charge in [-0.3, -0.25) is 4.99 Å². The summed E-state index contributed by atoms with van der Waals surface area (Å²) in [6, 6.07) is 4.36. The number of nitrogens with zero attached hydrogens (tertiary/aromatic N) is 1. The predicted octanol–water partition coefficient (Wildman–Crippen LogP) is -1.92. The quantitative estimate of drug-likeness (QED) is 0.500. The maximum atomic E-state index is 10.7. The molecule has 1 saturated carbocycles. The topological polar surface area (TPSA) is 93.0 Å². The molecular weight excluding hydrogens is 281 g/mol. The number of phenols is 2. The first kappa shape index (κ1) is 18.0. The van der Waals surface area contributed by atoms with Gasteiger partial charge in [-0.15, -0.1) is 0 Å². The van der Waals surface area contributed by atoms with E-state index in [0.717, 1.165) is 12.8 Å². The zero-order valence-corrected chi connectivity index (χ0v) is 14.2. The Morgan fingerprint density at radius 2 is 1.95 bits per heavy atom. The Morgan fingerprint density at radius 3 is 2.52 bits per heavy atom. The minimum Gasteiger partial charge on any atom is -0.550 e. The van der Waals surface area contributed by atoms with Crippen LogP contribution in [0, 0.1) is 11.8 Å². The van der Waals surface area contributed by atoms with E-state index in [1.165, 1.54) is 12.1 Å². The maximum Gasteiger partial charge on any atom is 1.00 e. The number of carbonyl (C=O) groups excluding carboxylic acids is 1. The summed E-state index contributed by atoms with van der Waals surface area (Å²) in [6.07, 6.45) is 4.59. The molecule has 1 fully saturated rings. The first-order valence-corrected chi connectivity index (χ1v) is 6.79. The summed E-state index contributed by atoms with van der Waals surface area (Å²) in [5, 5.41) is 29.5. The molecule has 2 rings (SSSR count). The van der Waals surface area contributed by atoms with Gasteiger partial charge < -0.3 is 20.1 Å². The standard InChI is InChI=1S/C15H19NO4.Na/c17-13-6-5-12(14(18)7-13)9-16-8-10-1-3-11(4-2-10)15(19)20;/h5-7,9-11,17-18H,1-4,8H2,(H,19,20);/q;+1/p-1. The smallest absolute Gasteiger partial charge is 0.550 e. The van der Waals surface area contributed by atoms with Gasteiger partial charge in [0.25, 0.3) is 0 Å². The van der Waals surface area contributed by atoms with Gasteiger partial charge in [0.2, 0.25) is 0 Å². The number of aromatic hydroxyl groups is 2. The molecule has 108 valence electrons. The van der Waals surface area contributed by atoms with Crippen LogP contribution in [-0.2, 0) is 4.79 Å². The van der Waals surface area contributed by atoms with Crippen LogP contribution in [0.2, 0.25) is 0 Å². The molecule has 0 radical (unpaired) electrons. The fourth-order valence-corrected chi connectivity index (χ4v) is 2.52. The Hall–Kier alpha value is -1.04. The van der Waals surface area contributed by atoms with Crippen molar-refractivity contribution in [3.63, 3.8) is 0 Å². The van der Waals surface area contributed by atoms with E-state index < -0.39 is 5.97 Å². The molecule has 1 aromatic carbocycles. The number of carboxylic acids is 1. The zero-order chi connectivity index (χ0) is 14.5. The van der Waals surface area contributed by atoms with E-state index in [9.17, 15) is 20.1 Å². The Kier molecular flexibility index (Phi) is 7.22. The maximum absolute atomic E-state index is 10.7. The molecule has 0 aromatic heterocycles. The number of carboxylic acid groups (broad SMARTS) is 1. The van der Waals surface area contributed by atoms with Gasteiger partial charge in [0.05, 0.1) is 0 Å². The van der Waals surface area contributed by atoms with Crippen molar-refractivity contribution < 1.29 is 49.7 Å². The second kappa shape index (κ2) is 8.41. The van der Waals surface area contributed by atoms with Crippen LogP contribution in [0.4, 0.5) is 0 Å². The molecule has 1 aliphatic carbocycles. The fraction of sp³-hybridized carbons (Fsp3) is 0.467. The molecule has 0 atom stereocenters. The van der Waals surface area contributed by atoms with Crippen molar-refractivity contribution in [1.29, 1.82) is 0 Å². The van der Waals surface area contributed by atoms with Crippen molar-refractivity contribution in [1.82, 2.24) is 0 Å². The fourth-order valence-electron chi connectivity index (χ4n) is 2.52. The van der Waals surface area contributed by atoms with Gasteiger partial charge in [-0.1, -0.05) is 0 Å². The number of carbonyl (C=O) groups is 1. The molecule has 0 unspecified atom stereocenters. The van der Waals surface area contributed by atoms with Crippen LogP contribution >= 0.6 is 0 Å².